The van der Waals surface area contributed by atoms with E-state index in [4.69, 9.17) is 0 Å². The lowest BCUT2D eigenvalue weighted by Gasteiger charge is -2.13. The van der Waals surface area contributed by atoms with Crippen molar-refractivity contribution in [2.24, 2.45) is 0 Å². The Balaban J connectivity index is 1.84. The lowest BCUT2D eigenvalue weighted by atomic mass is 10.4. The van der Waals surface area contributed by atoms with Crippen molar-refractivity contribution in [2.45, 2.75) is 26.6 Å². The number of halogens is 1. The molecule has 2 rings (SSSR count). The first kappa shape index (κ1) is 15.1. The molecule has 0 bridgehead atoms. The number of rotatable bonds is 7. The standard InChI is InChI=1S/C13H18BrN3S2/c1-3-15-5-13-16-11(9-19-13)6-17(2)7-12-4-10(14)8-18-12/h4,8-9,15H,3,5-7H2,1-2H3. The Morgan fingerprint density at radius 2 is 2.16 bits per heavy atom. The summed E-state index contributed by atoms with van der Waals surface area (Å²) in [5.74, 6) is 0. The number of thiazole rings is 1. The van der Waals surface area contributed by atoms with E-state index in [2.05, 4.69) is 61.9 Å². The van der Waals surface area contributed by atoms with Gasteiger partial charge >= 0.3 is 0 Å². The van der Waals surface area contributed by atoms with Crippen LogP contribution in [0.25, 0.3) is 0 Å². The summed E-state index contributed by atoms with van der Waals surface area (Å²) in [6.45, 7) is 5.85. The molecule has 6 heteroatoms. The van der Waals surface area contributed by atoms with Crippen molar-refractivity contribution < 1.29 is 0 Å². The molecule has 0 spiro atoms. The number of hydrogen-bond donors (Lipinski definition) is 1. The van der Waals surface area contributed by atoms with Crippen molar-refractivity contribution in [3.63, 3.8) is 0 Å². The Labute approximate surface area is 130 Å². The van der Waals surface area contributed by atoms with E-state index in [1.54, 1.807) is 22.7 Å². The predicted octanol–water partition coefficient (Wildman–Crippen LogP) is 3.71. The summed E-state index contributed by atoms with van der Waals surface area (Å²) >= 11 is 7.02. The van der Waals surface area contributed by atoms with Gasteiger partial charge < -0.3 is 5.32 Å². The normalized spacial score (nSPS) is 11.4. The minimum Gasteiger partial charge on any atom is -0.311 e. The van der Waals surface area contributed by atoms with Crippen molar-refractivity contribution in [1.29, 1.82) is 0 Å². The summed E-state index contributed by atoms with van der Waals surface area (Å²) in [6, 6.07) is 2.18. The van der Waals surface area contributed by atoms with E-state index in [-0.39, 0.29) is 0 Å². The molecule has 2 heterocycles. The first-order chi connectivity index (χ1) is 9.17. The maximum absolute atomic E-state index is 4.64. The molecule has 0 radical (unpaired) electrons. The van der Waals surface area contributed by atoms with Crippen LogP contribution in [-0.2, 0) is 19.6 Å². The molecule has 104 valence electrons. The van der Waals surface area contributed by atoms with Crippen LogP contribution in [0.2, 0.25) is 0 Å². The van der Waals surface area contributed by atoms with Crippen LogP contribution in [0.15, 0.2) is 21.3 Å². The fraction of sp³-hybridized carbons (Fsp3) is 0.462. The second-order valence-corrected chi connectivity index (χ2v) is 7.27. The summed E-state index contributed by atoms with van der Waals surface area (Å²) in [4.78, 5) is 8.31. The Morgan fingerprint density at radius 3 is 2.84 bits per heavy atom. The maximum Gasteiger partial charge on any atom is 0.107 e. The number of hydrogen-bond acceptors (Lipinski definition) is 5. The van der Waals surface area contributed by atoms with E-state index in [0.29, 0.717) is 0 Å². The summed E-state index contributed by atoms with van der Waals surface area (Å²) in [5, 5.41) is 8.76. The van der Waals surface area contributed by atoms with Crippen molar-refractivity contribution in [2.75, 3.05) is 13.6 Å². The van der Waals surface area contributed by atoms with E-state index < -0.39 is 0 Å². The van der Waals surface area contributed by atoms with Crippen LogP contribution in [0.3, 0.4) is 0 Å². The average Bonchev–Trinajstić information content (AvgIpc) is 2.96. The molecule has 0 saturated heterocycles. The SMILES string of the molecule is CCNCc1nc(CN(C)Cc2cc(Br)cs2)cs1. The molecule has 19 heavy (non-hydrogen) atoms. The highest BCUT2D eigenvalue weighted by Crippen LogP contribution is 2.21. The highest BCUT2D eigenvalue weighted by atomic mass is 79.9. The third kappa shape index (κ3) is 4.96. The maximum atomic E-state index is 4.64. The molecule has 0 aliphatic heterocycles. The molecule has 0 fully saturated rings. The molecule has 2 aromatic rings. The average molecular weight is 360 g/mol. The molecule has 0 unspecified atom stereocenters. The van der Waals surface area contributed by atoms with Crippen LogP contribution >= 0.6 is 38.6 Å². The summed E-state index contributed by atoms with van der Waals surface area (Å²) in [7, 11) is 2.14. The fourth-order valence-electron chi connectivity index (χ4n) is 1.77. The Hall–Kier alpha value is -0.270. The lowest BCUT2D eigenvalue weighted by Crippen LogP contribution is -2.17. The van der Waals surface area contributed by atoms with Gasteiger partial charge in [-0.3, -0.25) is 4.90 Å². The van der Waals surface area contributed by atoms with Crippen molar-refractivity contribution in [3.8, 4) is 0 Å². The zero-order valence-corrected chi connectivity index (χ0v) is 14.4. The number of thiophene rings is 1. The van der Waals surface area contributed by atoms with Crippen molar-refractivity contribution in [3.05, 3.63) is 36.9 Å². The molecule has 0 aromatic carbocycles. The first-order valence-corrected chi connectivity index (χ1v) is 8.78. The Morgan fingerprint density at radius 1 is 1.32 bits per heavy atom. The van der Waals surface area contributed by atoms with Gasteiger partial charge in [0.05, 0.1) is 5.69 Å². The zero-order chi connectivity index (χ0) is 13.7. The van der Waals surface area contributed by atoms with Gasteiger partial charge in [0.15, 0.2) is 0 Å². The van der Waals surface area contributed by atoms with Gasteiger partial charge in [0.2, 0.25) is 0 Å². The highest BCUT2D eigenvalue weighted by molar-refractivity contribution is 9.10. The lowest BCUT2D eigenvalue weighted by molar-refractivity contribution is 0.318. The Bertz CT molecular complexity index is 509. The molecule has 0 aliphatic rings. The third-order valence-electron chi connectivity index (χ3n) is 2.60. The van der Waals surface area contributed by atoms with Crippen LogP contribution in [0.4, 0.5) is 0 Å². The summed E-state index contributed by atoms with van der Waals surface area (Å²) in [5.41, 5.74) is 1.16. The number of nitrogens with one attached hydrogen (secondary N) is 1. The van der Waals surface area contributed by atoms with E-state index in [0.717, 1.165) is 31.9 Å². The van der Waals surface area contributed by atoms with E-state index in [1.165, 1.54) is 14.4 Å². The van der Waals surface area contributed by atoms with Gasteiger partial charge in [-0.25, -0.2) is 4.98 Å². The molecule has 0 aliphatic carbocycles. The van der Waals surface area contributed by atoms with Crippen LogP contribution in [0.5, 0.6) is 0 Å². The van der Waals surface area contributed by atoms with Gasteiger partial charge in [0.1, 0.15) is 5.01 Å². The van der Waals surface area contributed by atoms with Gasteiger partial charge in [0, 0.05) is 39.7 Å². The number of nitrogens with zero attached hydrogens (tertiary/aromatic N) is 2. The van der Waals surface area contributed by atoms with Gasteiger partial charge in [-0.05, 0) is 35.6 Å². The molecule has 3 nitrogen and oxygen atoms in total. The van der Waals surface area contributed by atoms with E-state index in [1.807, 2.05) is 0 Å². The molecular formula is C13H18BrN3S2. The summed E-state index contributed by atoms with van der Waals surface area (Å²) in [6.07, 6.45) is 0. The molecular weight excluding hydrogens is 342 g/mol. The quantitative estimate of drug-likeness (QED) is 0.816. The predicted molar refractivity (Wildman–Crippen MR) is 86.7 cm³/mol. The topological polar surface area (TPSA) is 28.2 Å². The van der Waals surface area contributed by atoms with Gasteiger partial charge in [-0.15, -0.1) is 22.7 Å². The monoisotopic (exact) mass is 359 g/mol. The van der Waals surface area contributed by atoms with Crippen LogP contribution in [-0.4, -0.2) is 23.5 Å². The summed E-state index contributed by atoms with van der Waals surface area (Å²) < 4.78 is 1.17. The molecule has 0 saturated carbocycles. The minimum absolute atomic E-state index is 0.878. The van der Waals surface area contributed by atoms with Gasteiger partial charge in [-0.1, -0.05) is 6.92 Å². The second kappa shape index (κ2) is 7.50. The second-order valence-electron chi connectivity index (χ2n) is 4.42. The first-order valence-electron chi connectivity index (χ1n) is 6.23. The van der Waals surface area contributed by atoms with Crippen LogP contribution in [0.1, 0.15) is 22.5 Å². The van der Waals surface area contributed by atoms with E-state index in [9.17, 15) is 0 Å². The van der Waals surface area contributed by atoms with Crippen molar-refractivity contribution >= 4 is 38.6 Å². The third-order valence-corrected chi connectivity index (χ3v) is 5.18. The minimum atomic E-state index is 0.878. The molecule has 2 aromatic heterocycles. The molecule has 1 N–H and O–H groups in total. The highest BCUT2D eigenvalue weighted by Gasteiger charge is 2.07. The van der Waals surface area contributed by atoms with Crippen molar-refractivity contribution in [1.82, 2.24) is 15.2 Å². The van der Waals surface area contributed by atoms with Crippen LogP contribution in [0, 0.1) is 0 Å². The number of aromatic nitrogens is 1. The fourth-order valence-corrected chi connectivity index (χ4v) is 4.05. The Kier molecular flexibility index (Phi) is 5.97. The van der Waals surface area contributed by atoms with Crippen LogP contribution < -0.4 is 5.32 Å². The smallest absolute Gasteiger partial charge is 0.107 e. The molecule has 0 atom stereocenters. The van der Waals surface area contributed by atoms with Gasteiger partial charge in [0.25, 0.3) is 0 Å². The largest absolute Gasteiger partial charge is 0.311 e. The van der Waals surface area contributed by atoms with E-state index >= 15 is 0 Å². The van der Waals surface area contributed by atoms with Gasteiger partial charge in [-0.2, -0.15) is 0 Å². The zero-order valence-electron chi connectivity index (χ0n) is 11.1. The molecule has 0 amide bonds.